The number of aliphatic hydroxyl groups excluding tert-OH is 3. The summed E-state index contributed by atoms with van der Waals surface area (Å²) in [6.07, 6.45) is 2.96. The molecule has 0 aromatic heterocycles. The molecule has 0 aliphatic rings. The summed E-state index contributed by atoms with van der Waals surface area (Å²) in [7, 11) is 0. The van der Waals surface area contributed by atoms with Gasteiger partial charge in [0.1, 0.15) is 19.6 Å². The van der Waals surface area contributed by atoms with Gasteiger partial charge in [-0.3, -0.25) is 28.8 Å². The van der Waals surface area contributed by atoms with Gasteiger partial charge < -0.3 is 45.5 Å². The Hall–Kier alpha value is -4.04. The maximum atomic E-state index is 10.7. The fourth-order valence-corrected chi connectivity index (χ4v) is 1.85. The van der Waals surface area contributed by atoms with Crippen LogP contribution in [0.25, 0.3) is 0 Å². The van der Waals surface area contributed by atoms with E-state index in [1.807, 2.05) is 0 Å². The molecule has 0 amide bonds. The van der Waals surface area contributed by atoms with Gasteiger partial charge >= 0.3 is 17.9 Å². The minimum absolute atomic E-state index is 0. The first-order valence-corrected chi connectivity index (χ1v) is 11.6. The molecule has 15 nitrogen and oxygen atoms in total. The van der Waals surface area contributed by atoms with Crippen molar-refractivity contribution < 1.29 is 75.4 Å². The zero-order valence-corrected chi connectivity index (χ0v) is 24.4. The third-order valence-corrected chi connectivity index (χ3v) is 3.18. The first kappa shape index (κ1) is 43.0. The maximum absolute atomic E-state index is 10.7. The van der Waals surface area contributed by atoms with E-state index >= 15 is 0 Å². The Morgan fingerprint density at radius 1 is 0.525 bits per heavy atom. The fourth-order valence-electron chi connectivity index (χ4n) is 1.85. The Morgan fingerprint density at radius 3 is 0.875 bits per heavy atom. The smallest absolute Gasteiger partial charge is 0.325 e. The summed E-state index contributed by atoms with van der Waals surface area (Å²) < 4.78 is 13.7. The predicted molar refractivity (Wildman–Crippen MR) is 138 cm³/mol. The number of ketones is 3. The van der Waals surface area contributed by atoms with E-state index in [1.54, 1.807) is 20.8 Å². The molecule has 230 valence electrons. The van der Waals surface area contributed by atoms with Crippen molar-refractivity contribution in [2.24, 2.45) is 0 Å². The van der Waals surface area contributed by atoms with Crippen LogP contribution in [0.2, 0.25) is 0 Å². The molecule has 0 rings (SSSR count). The van der Waals surface area contributed by atoms with E-state index < -0.39 is 17.9 Å². The molecule has 0 aromatic carbocycles. The first-order valence-electron chi connectivity index (χ1n) is 11.6. The number of hydrogen-bond acceptors (Lipinski definition) is 15. The molecule has 0 heterocycles. The molecular weight excluding hydrogens is 578 g/mol. The molecule has 0 aromatic rings. The number of esters is 3. The van der Waals surface area contributed by atoms with Crippen LogP contribution in [0, 0.1) is 0 Å². The number of nitrogens with one attached hydrogen (secondary N) is 3. The minimum Gasteiger partial charge on any atom is -0.495 e. The van der Waals surface area contributed by atoms with E-state index in [0.717, 1.165) is 18.2 Å². The van der Waals surface area contributed by atoms with Crippen molar-refractivity contribution in [1.29, 1.82) is 0 Å². The van der Waals surface area contributed by atoms with Gasteiger partial charge in [0.2, 0.25) is 0 Å². The second kappa shape index (κ2) is 28.0. The summed E-state index contributed by atoms with van der Waals surface area (Å²) in [6.45, 7) is 9.35. The van der Waals surface area contributed by atoms with Crippen LogP contribution in [-0.4, -0.2) is 90.0 Å². The average Bonchev–Trinajstić information content (AvgIpc) is 2.80. The van der Waals surface area contributed by atoms with E-state index in [1.165, 1.54) is 20.8 Å². The van der Waals surface area contributed by atoms with Crippen molar-refractivity contribution in [3.8, 4) is 0 Å². The maximum Gasteiger partial charge on any atom is 0.325 e. The fraction of sp³-hybridized carbons (Fsp3) is 0.500. The molecule has 0 fully saturated rings. The molecule has 40 heavy (non-hydrogen) atoms. The average molecular weight is 617 g/mol. The third-order valence-electron chi connectivity index (χ3n) is 3.18. The van der Waals surface area contributed by atoms with E-state index in [9.17, 15) is 28.8 Å². The van der Waals surface area contributed by atoms with Gasteiger partial charge in [0.25, 0.3) is 0 Å². The van der Waals surface area contributed by atoms with Gasteiger partial charge in [-0.1, -0.05) is 0 Å². The van der Waals surface area contributed by atoms with Crippen LogP contribution in [-0.2, 0) is 60.0 Å². The van der Waals surface area contributed by atoms with Gasteiger partial charge in [-0.05, 0) is 41.5 Å². The van der Waals surface area contributed by atoms with Crippen molar-refractivity contribution in [1.82, 2.24) is 16.0 Å². The molecule has 16 heteroatoms. The number of carbonyl (C=O) groups is 6. The summed E-state index contributed by atoms with van der Waals surface area (Å²) in [5.41, 5.74) is 0. The van der Waals surface area contributed by atoms with Gasteiger partial charge in [0.05, 0.1) is 19.8 Å². The molecular formula is C24H39FeN3O12. The molecule has 0 radical (unpaired) electrons. The monoisotopic (exact) mass is 617 g/mol. The van der Waals surface area contributed by atoms with Crippen LogP contribution in [0.15, 0.2) is 35.9 Å². The Morgan fingerprint density at radius 2 is 0.725 bits per heavy atom. The van der Waals surface area contributed by atoms with Crippen molar-refractivity contribution in [3.05, 3.63) is 35.9 Å². The molecule has 0 saturated carbocycles. The van der Waals surface area contributed by atoms with Crippen molar-refractivity contribution in [2.75, 3.05) is 39.5 Å². The van der Waals surface area contributed by atoms with E-state index in [0.29, 0.717) is 0 Å². The largest absolute Gasteiger partial charge is 0.495 e. The van der Waals surface area contributed by atoms with Crippen LogP contribution in [0.4, 0.5) is 0 Å². The SMILES string of the molecule is CCOC(=O)CNC(O)=CC(C)=O.CCOC(=O)CNC(O)=CC(C)=O.CCOC(=O)CNC(O)=CC(C)=O.[Fe]. The zero-order chi connectivity index (χ0) is 30.8. The van der Waals surface area contributed by atoms with Crippen molar-refractivity contribution in [2.45, 2.75) is 41.5 Å². The Bertz CT molecular complexity index is 787. The number of aliphatic hydroxyl groups is 3. The Kier molecular flexibility index (Phi) is 30.1. The second-order valence-electron chi connectivity index (χ2n) is 6.90. The van der Waals surface area contributed by atoms with Crippen LogP contribution in [0.1, 0.15) is 41.5 Å². The van der Waals surface area contributed by atoms with Gasteiger partial charge in [-0.25, -0.2) is 0 Å². The van der Waals surface area contributed by atoms with Crippen molar-refractivity contribution in [3.63, 3.8) is 0 Å². The number of hydrogen-bond donors (Lipinski definition) is 6. The normalized spacial score (nSPS) is 10.5. The predicted octanol–water partition coefficient (Wildman–Crippen LogP) is 0.380. The molecule has 0 aliphatic carbocycles. The molecule has 0 spiro atoms. The number of rotatable bonds is 15. The van der Waals surface area contributed by atoms with E-state index in [2.05, 4.69) is 30.2 Å². The summed E-state index contributed by atoms with van der Waals surface area (Å²) in [5.74, 6) is -3.33. The van der Waals surface area contributed by atoms with Crippen LogP contribution in [0.3, 0.4) is 0 Å². The number of allylic oxidation sites excluding steroid dienone is 3. The second-order valence-corrected chi connectivity index (χ2v) is 6.90. The number of carbonyl (C=O) groups excluding carboxylic acids is 6. The zero-order valence-electron chi connectivity index (χ0n) is 23.3. The third kappa shape index (κ3) is 36.1. The van der Waals surface area contributed by atoms with Crippen LogP contribution in [0.5, 0.6) is 0 Å². The summed E-state index contributed by atoms with van der Waals surface area (Å²) in [6, 6.07) is 0. The van der Waals surface area contributed by atoms with Crippen molar-refractivity contribution >= 4 is 35.3 Å². The minimum atomic E-state index is -0.481. The summed E-state index contributed by atoms with van der Waals surface area (Å²) in [4.78, 5) is 63.5. The van der Waals surface area contributed by atoms with E-state index in [4.69, 9.17) is 15.3 Å². The molecule has 0 aliphatic heterocycles. The van der Waals surface area contributed by atoms with Crippen LogP contribution < -0.4 is 16.0 Å². The Labute approximate surface area is 243 Å². The van der Waals surface area contributed by atoms with E-state index in [-0.39, 0.29) is 91.5 Å². The molecule has 0 saturated heterocycles. The van der Waals surface area contributed by atoms with Gasteiger partial charge in [0.15, 0.2) is 35.0 Å². The van der Waals surface area contributed by atoms with Gasteiger partial charge in [-0.15, -0.1) is 0 Å². The summed E-state index contributed by atoms with van der Waals surface area (Å²) >= 11 is 0. The first-order chi connectivity index (χ1) is 18.2. The summed E-state index contributed by atoms with van der Waals surface area (Å²) in [5, 5.41) is 33.8. The standard InChI is InChI=1S/3C8H13NO4.Fe/c3*1-3-13-8(12)5-9-7(11)4-6(2)10;/h3*4,9,11H,3,5H2,1-2H3;. The van der Waals surface area contributed by atoms with Crippen LogP contribution >= 0.6 is 0 Å². The number of ether oxygens (including phenoxy) is 3. The Balaban J connectivity index is -0.000000240. The van der Waals surface area contributed by atoms with Gasteiger partial charge in [0, 0.05) is 35.3 Å². The molecule has 6 N–H and O–H groups in total. The molecule has 0 bridgehead atoms. The molecule has 0 unspecified atom stereocenters. The van der Waals surface area contributed by atoms with Gasteiger partial charge in [-0.2, -0.15) is 0 Å². The molecule has 0 atom stereocenters. The topological polar surface area (TPSA) is 227 Å². The quantitative estimate of drug-likeness (QED) is 0.0480.